The summed E-state index contributed by atoms with van der Waals surface area (Å²) in [6.45, 7) is 0.00739. The Hall–Kier alpha value is -3.83. The number of halogens is 1. The van der Waals surface area contributed by atoms with Gasteiger partial charge in [0, 0.05) is 29.4 Å². The molecule has 1 aliphatic carbocycles. The molecule has 5 nitrogen and oxygen atoms in total. The summed E-state index contributed by atoms with van der Waals surface area (Å²) in [5, 5.41) is 5.75. The number of carbonyl (C=O) groups is 2. The van der Waals surface area contributed by atoms with E-state index in [1.54, 1.807) is 11.0 Å². The van der Waals surface area contributed by atoms with Gasteiger partial charge in [-0.15, -0.1) is 0 Å². The Morgan fingerprint density at radius 1 is 0.872 bits per heavy atom. The van der Waals surface area contributed by atoms with E-state index < -0.39 is 6.04 Å². The highest BCUT2D eigenvalue weighted by atomic mass is 35.5. The number of amides is 2. The molecule has 0 saturated heterocycles. The highest BCUT2D eigenvalue weighted by molar-refractivity contribution is 6.31. The molecule has 0 spiro atoms. The zero-order chi connectivity index (χ0) is 27.0. The first-order chi connectivity index (χ1) is 19.1. The second-order valence-corrected chi connectivity index (χ2v) is 10.5. The van der Waals surface area contributed by atoms with E-state index in [0.29, 0.717) is 17.2 Å². The fraction of sp³-hybridized carbons (Fsp3) is 0.273. The maximum atomic E-state index is 13.9. The van der Waals surface area contributed by atoms with Crippen LogP contribution in [0.4, 0.5) is 0 Å². The lowest BCUT2D eigenvalue weighted by Gasteiger charge is -2.32. The van der Waals surface area contributed by atoms with Gasteiger partial charge in [0.05, 0.1) is 0 Å². The average molecular weight is 541 g/mol. The van der Waals surface area contributed by atoms with Crippen molar-refractivity contribution in [2.24, 2.45) is 0 Å². The molecule has 200 valence electrons. The standard InChI is InChI=1S/C33H33ClN2O3/c34-29-19-9-5-14-26(29)22-36(32(37)23-39-31-20-10-15-25-13-4-8-18-28(25)31)30(21-24-11-2-1-3-12-24)33(38)35-27-16-6-7-17-27/h1-5,8-15,18-20,27,30H,6-7,16-17,21-23H2,(H,35,38)/t30-/m0/s1. The second-order valence-electron chi connectivity index (χ2n) is 10.1. The van der Waals surface area contributed by atoms with Crippen LogP contribution in [-0.2, 0) is 22.6 Å². The quantitative estimate of drug-likeness (QED) is 0.247. The van der Waals surface area contributed by atoms with Crippen molar-refractivity contribution < 1.29 is 14.3 Å². The summed E-state index contributed by atoms with van der Waals surface area (Å²) in [4.78, 5) is 29.3. The molecule has 2 amide bonds. The Balaban J connectivity index is 1.44. The van der Waals surface area contributed by atoms with Crippen molar-refractivity contribution in [2.75, 3.05) is 6.61 Å². The molecule has 0 aliphatic heterocycles. The average Bonchev–Trinajstić information content (AvgIpc) is 3.48. The zero-order valence-electron chi connectivity index (χ0n) is 21.9. The van der Waals surface area contributed by atoms with Crippen molar-refractivity contribution in [3.05, 3.63) is 113 Å². The summed E-state index contributed by atoms with van der Waals surface area (Å²) < 4.78 is 6.09. The van der Waals surface area contributed by atoms with Crippen LogP contribution in [0.3, 0.4) is 0 Å². The number of nitrogens with zero attached hydrogens (tertiary/aromatic N) is 1. The van der Waals surface area contributed by atoms with Crippen LogP contribution in [0.15, 0.2) is 97.1 Å². The smallest absolute Gasteiger partial charge is 0.261 e. The number of hydrogen-bond donors (Lipinski definition) is 1. The van der Waals surface area contributed by atoms with Crippen molar-refractivity contribution in [1.82, 2.24) is 10.2 Å². The third kappa shape index (κ3) is 6.79. The number of ether oxygens (including phenoxy) is 1. The van der Waals surface area contributed by atoms with Crippen LogP contribution in [0.1, 0.15) is 36.8 Å². The number of hydrogen-bond acceptors (Lipinski definition) is 3. The van der Waals surface area contributed by atoms with Gasteiger partial charge in [0.2, 0.25) is 5.91 Å². The van der Waals surface area contributed by atoms with Crippen molar-refractivity contribution in [2.45, 2.75) is 50.7 Å². The molecule has 1 atom stereocenters. The van der Waals surface area contributed by atoms with Gasteiger partial charge in [0.1, 0.15) is 11.8 Å². The molecular formula is C33H33ClN2O3. The third-order valence-electron chi connectivity index (χ3n) is 7.37. The van der Waals surface area contributed by atoms with Crippen molar-refractivity contribution in [3.8, 4) is 5.75 Å². The van der Waals surface area contributed by atoms with Gasteiger partial charge >= 0.3 is 0 Å². The van der Waals surface area contributed by atoms with Crippen LogP contribution < -0.4 is 10.1 Å². The van der Waals surface area contributed by atoms with E-state index in [1.165, 1.54) is 0 Å². The molecular weight excluding hydrogens is 508 g/mol. The van der Waals surface area contributed by atoms with Gasteiger partial charge in [-0.1, -0.05) is 109 Å². The Morgan fingerprint density at radius 2 is 1.56 bits per heavy atom. The Kier molecular flexibility index (Phi) is 8.79. The third-order valence-corrected chi connectivity index (χ3v) is 7.74. The number of benzene rings is 4. The normalized spacial score (nSPS) is 14.2. The van der Waals surface area contributed by atoms with Gasteiger partial charge in [-0.3, -0.25) is 9.59 Å². The van der Waals surface area contributed by atoms with Crippen LogP contribution >= 0.6 is 11.6 Å². The summed E-state index contributed by atoms with van der Waals surface area (Å²) in [5.74, 6) is 0.218. The Bertz CT molecular complexity index is 1410. The molecule has 1 fully saturated rings. The van der Waals surface area contributed by atoms with Crippen molar-refractivity contribution >= 4 is 34.2 Å². The molecule has 0 heterocycles. The van der Waals surface area contributed by atoms with Crippen LogP contribution in [0, 0.1) is 0 Å². The predicted molar refractivity (Wildman–Crippen MR) is 156 cm³/mol. The molecule has 4 aromatic rings. The molecule has 0 bridgehead atoms. The molecule has 0 aromatic heterocycles. The fourth-order valence-electron chi connectivity index (χ4n) is 5.28. The van der Waals surface area contributed by atoms with Crippen LogP contribution in [0.5, 0.6) is 5.75 Å². The summed E-state index contributed by atoms with van der Waals surface area (Å²) in [6.07, 6.45) is 4.54. The van der Waals surface area contributed by atoms with Crippen molar-refractivity contribution in [3.63, 3.8) is 0 Å². The van der Waals surface area contributed by atoms with Gasteiger partial charge in [-0.2, -0.15) is 0 Å². The molecule has 0 radical (unpaired) electrons. The highest BCUT2D eigenvalue weighted by Crippen LogP contribution is 2.26. The van der Waals surface area contributed by atoms with Gasteiger partial charge in [0.25, 0.3) is 5.91 Å². The SMILES string of the molecule is O=C(NC1CCCC1)[C@H](Cc1ccccc1)N(Cc1ccccc1Cl)C(=O)COc1cccc2ccccc12. The molecule has 5 rings (SSSR count). The van der Waals surface area contributed by atoms with E-state index in [1.807, 2.05) is 91.0 Å². The van der Waals surface area contributed by atoms with Gasteiger partial charge < -0.3 is 15.0 Å². The van der Waals surface area contributed by atoms with E-state index in [0.717, 1.165) is 47.6 Å². The molecule has 1 N–H and O–H groups in total. The molecule has 1 saturated carbocycles. The molecule has 1 aliphatic rings. The van der Waals surface area contributed by atoms with E-state index in [2.05, 4.69) is 5.32 Å². The number of carbonyl (C=O) groups excluding carboxylic acids is 2. The van der Waals surface area contributed by atoms with Crippen LogP contribution in [-0.4, -0.2) is 35.4 Å². The maximum Gasteiger partial charge on any atom is 0.261 e. The largest absolute Gasteiger partial charge is 0.483 e. The summed E-state index contributed by atoms with van der Waals surface area (Å²) >= 11 is 6.52. The zero-order valence-corrected chi connectivity index (χ0v) is 22.6. The predicted octanol–water partition coefficient (Wildman–Crippen LogP) is 6.57. The number of nitrogens with one attached hydrogen (secondary N) is 1. The van der Waals surface area contributed by atoms with Crippen molar-refractivity contribution in [1.29, 1.82) is 0 Å². The minimum atomic E-state index is -0.715. The maximum absolute atomic E-state index is 13.9. The summed E-state index contributed by atoms with van der Waals surface area (Å²) in [7, 11) is 0. The van der Waals surface area contributed by atoms with E-state index >= 15 is 0 Å². The first kappa shape index (κ1) is 26.8. The molecule has 39 heavy (non-hydrogen) atoms. The lowest BCUT2D eigenvalue weighted by molar-refractivity contribution is -0.143. The molecule has 4 aromatic carbocycles. The van der Waals surface area contributed by atoms with Gasteiger partial charge in [-0.05, 0) is 41.5 Å². The topological polar surface area (TPSA) is 58.6 Å². The minimum Gasteiger partial charge on any atom is -0.483 e. The lowest BCUT2D eigenvalue weighted by atomic mass is 10.0. The Morgan fingerprint density at radius 3 is 2.36 bits per heavy atom. The van der Waals surface area contributed by atoms with Gasteiger partial charge in [0.15, 0.2) is 6.61 Å². The van der Waals surface area contributed by atoms with E-state index in [-0.39, 0.29) is 31.0 Å². The highest BCUT2D eigenvalue weighted by Gasteiger charge is 2.32. The fourth-order valence-corrected chi connectivity index (χ4v) is 5.47. The monoisotopic (exact) mass is 540 g/mol. The lowest BCUT2D eigenvalue weighted by Crippen LogP contribution is -2.53. The van der Waals surface area contributed by atoms with E-state index in [4.69, 9.17) is 16.3 Å². The first-order valence-electron chi connectivity index (χ1n) is 13.6. The van der Waals surface area contributed by atoms with Gasteiger partial charge in [-0.25, -0.2) is 0 Å². The minimum absolute atomic E-state index is 0.139. The summed E-state index contributed by atoms with van der Waals surface area (Å²) in [5.41, 5.74) is 1.76. The Labute approximate surface area is 234 Å². The number of rotatable bonds is 10. The van der Waals surface area contributed by atoms with Crippen LogP contribution in [0.2, 0.25) is 5.02 Å². The second kappa shape index (κ2) is 12.8. The molecule has 6 heteroatoms. The first-order valence-corrected chi connectivity index (χ1v) is 13.9. The van der Waals surface area contributed by atoms with Crippen LogP contribution in [0.25, 0.3) is 10.8 Å². The number of fused-ring (bicyclic) bond motifs is 1. The van der Waals surface area contributed by atoms with E-state index in [9.17, 15) is 9.59 Å². The molecule has 0 unspecified atom stereocenters. The summed E-state index contributed by atoms with van der Waals surface area (Å²) in [6, 6.07) is 30.4.